The van der Waals surface area contributed by atoms with E-state index >= 15 is 0 Å². The van der Waals surface area contributed by atoms with Crippen LogP contribution in [0, 0.1) is 16.4 Å². The zero-order chi connectivity index (χ0) is 13.1. The summed E-state index contributed by atoms with van der Waals surface area (Å²) in [6.45, 7) is 4.38. The van der Waals surface area contributed by atoms with Gasteiger partial charge in [0, 0.05) is 16.7 Å². The Kier molecular flexibility index (Phi) is 4.61. The van der Waals surface area contributed by atoms with E-state index in [4.69, 9.17) is 5.73 Å². The van der Waals surface area contributed by atoms with Gasteiger partial charge in [0.2, 0.25) is 0 Å². The standard InChI is InChI=1S/C14H19IN2O/c1-10-4-2-6-12(13(10)15)14(18)17-7-3-5-11(8-16)9-17/h2,4,6,11H,3,5,7-9,16H2,1H3. The summed E-state index contributed by atoms with van der Waals surface area (Å²) in [6.07, 6.45) is 2.21. The van der Waals surface area contributed by atoms with Gasteiger partial charge in [-0.05, 0) is 66.4 Å². The van der Waals surface area contributed by atoms with Crippen molar-refractivity contribution in [2.24, 2.45) is 11.7 Å². The second kappa shape index (κ2) is 6.02. The Balaban J connectivity index is 2.18. The number of hydrogen-bond acceptors (Lipinski definition) is 2. The molecule has 1 aliphatic rings. The molecule has 1 amide bonds. The van der Waals surface area contributed by atoms with Gasteiger partial charge in [-0.3, -0.25) is 4.79 Å². The highest BCUT2D eigenvalue weighted by Gasteiger charge is 2.24. The Bertz CT molecular complexity index is 447. The third kappa shape index (κ3) is 2.85. The van der Waals surface area contributed by atoms with Crippen LogP contribution in [0.4, 0.5) is 0 Å². The van der Waals surface area contributed by atoms with Crippen molar-refractivity contribution >= 4 is 28.5 Å². The molecule has 0 spiro atoms. The van der Waals surface area contributed by atoms with E-state index < -0.39 is 0 Å². The molecular formula is C14H19IN2O. The number of likely N-dealkylation sites (tertiary alicyclic amines) is 1. The van der Waals surface area contributed by atoms with Crippen molar-refractivity contribution in [3.05, 3.63) is 32.9 Å². The average Bonchev–Trinajstić information content (AvgIpc) is 2.41. The molecule has 1 heterocycles. The normalized spacial score (nSPS) is 19.9. The number of benzene rings is 1. The second-order valence-corrected chi connectivity index (χ2v) is 6.01. The van der Waals surface area contributed by atoms with Crippen LogP contribution >= 0.6 is 22.6 Å². The van der Waals surface area contributed by atoms with Gasteiger partial charge in [0.25, 0.3) is 5.91 Å². The SMILES string of the molecule is Cc1cccc(C(=O)N2CCCC(CN)C2)c1I. The van der Waals surface area contributed by atoms with Crippen molar-refractivity contribution in [1.29, 1.82) is 0 Å². The van der Waals surface area contributed by atoms with Crippen molar-refractivity contribution in [1.82, 2.24) is 4.90 Å². The Labute approximate surface area is 122 Å². The maximum absolute atomic E-state index is 12.5. The molecule has 4 heteroatoms. The van der Waals surface area contributed by atoms with Crippen LogP contribution in [-0.4, -0.2) is 30.4 Å². The molecule has 0 bridgehead atoms. The number of piperidine rings is 1. The van der Waals surface area contributed by atoms with E-state index in [2.05, 4.69) is 22.6 Å². The van der Waals surface area contributed by atoms with E-state index in [9.17, 15) is 4.79 Å². The number of rotatable bonds is 2. The predicted molar refractivity (Wildman–Crippen MR) is 81.6 cm³/mol. The highest BCUT2D eigenvalue weighted by molar-refractivity contribution is 14.1. The molecule has 1 fully saturated rings. The molecule has 1 aromatic rings. The Morgan fingerprint density at radius 2 is 2.33 bits per heavy atom. The second-order valence-electron chi connectivity index (χ2n) is 4.93. The lowest BCUT2D eigenvalue weighted by molar-refractivity contribution is 0.0677. The number of carbonyl (C=O) groups is 1. The van der Waals surface area contributed by atoms with Crippen LogP contribution in [0.3, 0.4) is 0 Å². The van der Waals surface area contributed by atoms with Crippen LogP contribution in [0.15, 0.2) is 18.2 Å². The molecule has 1 aromatic carbocycles. The summed E-state index contributed by atoms with van der Waals surface area (Å²) in [5.41, 5.74) is 7.71. The largest absolute Gasteiger partial charge is 0.338 e. The summed E-state index contributed by atoms with van der Waals surface area (Å²) in [5, 5.41) is 0. The minimum Gasteiger partial charge on any atom is -0.338 e. The first-order chi connectivity index (χ1) is 8.63. The minimum absolute atomic E-state index is 0.154. The van der Waals surface area contributed by atoms with Gasteiger partial charge in [0.05, 0.1) is 5.56 Å². The molecule has 1 atom stereocenters. The maximum Gasteiger partial charge on any atom is 0.254 e. The van der Waals surface area contributed by atoms with Crippen LogP contribution < -0.4 is 5.73 Å². The van der Waals surface area contributed by atoms with E-state index in [0.717, 1.165) is 40.6 Å². The Hall–Kier alpha value is -0.620. The summed E-state index contributed by atoms with van der Waals surface area (Å²) in [7, 11) is 0. The third-order valence-electron chi connectivity index (χ3n) is 3.56. The van der Waals surface area contributed by atoms with Gasteiger partial charge in [-0.2, -0.15) is 0 Å². The zero-order valence-electron chi connectivity index (χ0n) is 10.7. The number of nitrogens with two attached hydrogens (primary N) is 1. The van der Waals surface area contributed by atoms with Crippen LogP contribution in [0.5, 0.6) is 0 Å². The van der Waals surface area contributed by atoms with Crippen LogP contribution in [0.25, 0.3) is 0 Å². The highest BCUT2D eigenvalue weighted by Crippen LogP contribution is 2.22. The zero-order valence-corrected chi connectivity index (χ0v) is 12.8. The number of carbonyl (C=O) groups excluding carboxylic acids is 1. The summed E-state index contributed by atoms with van der Waals surface area (Å²) < 4.78 is 1.06. The molecule has 1 saturated heterocycles. The molecular weight excluding hydrogens is 339 g/mol. The molecule has 2 rings (SSSR count). The quantitative estimate of drug-likeness (QED) is 0.826. The molecule has 3 nitrogen and oxygen atoms in total. The lowest BCUT2D eigenvalue weighted by atomic mass is 9.97. The third-order valence-corrected chi connectivity index (χ3v) is 4.99. The van der Waals surface area contributed by atoms with Gasteiger partial charge >= 0.3 is 0 Å². The first-order valence-electron chi connectivity index (χ1n) is 6.38. The number of amides is 1. The summed E-state index contributed by atoms with van der Waals surface area (Å²) in [6, 6.07) is 5.91. The number of halogens is 1. The fourth-order valence-corrected chi connectivity index (χ4v) is 3.02. The topological polar surface area (TPSA) is 46.3 Å². The van der Waals surface area contributed by atoms with Gasteiger partial charge in [-0.1, -0.05) is 12.1 Å². The monoisotopic (exact) mass is 358 g/mol. The van der Waals surface area contributed by atoms with Gasteiger partial charge < -0.3 is 10.6 Å². The smallest absolute Gasteiger partial charge is 0.254 e. The van der Waals surface area contributed by atoms with Crippen LogP contribution in [0.1, 0.15) is 28.8 Å². The van der Waals surface area contributed by atoms with E-state index in [1.165, 1.54) is 0 Å². The average molecular weight is 358 g/mol. The number of aryl methyl sites for hydroxylation is 1. The van der Waals surface area contributed by atoms with Crippen molar-refractivity contribution < 1.29 is 4.79 Å². The molecule has 0 aliphatic carbocycles. The molecule has 18 heavy (non-hydrogen) atoms. The molecule has 1 unspecified atom stereocenters. The van der Waals surface area contributed by atoms with Gasteiger partial charge in [0.15, 0.2) is 0 Å². The molecule has 0 saturated carbocycles. The Morgan fingerprint density at radius 3 is 3.06 bits per heavy atom. The maximum atomic E-state index is 12.5. The Morgan fingerprint density at radius 1 is 1.56 bits per heavy atom. The fraction of sp³-hybridized carbons (Fsp3) is 0.500. The van der Waals surface area contributed by atoms with Crippen LogP contribution in [-0.2, 0) is 0 Å². The predicted octanol–water partition coefficient (Wildman–Crippen LogP) is 2.41. The van der Waals surface area contributed by atoms with Crippen molar-refractivity contribution in [3.8, 4) is 0 Å². The van der Waals surface area contributed by atoms with E-state index in [0.29, 0.717) is 12.5 Å². The lowest BCUT2D eigenvalue weighted by Crippen LogP contribution is -2.42. The van der Waals surface area contributed by atoms with Crippen LogP contribution in [0.2, 0.25) is 0 Å². The first-order valence-corrected chi connectivity index (χ1v) is 7.45. The van der Waals surface area contributed by atoms with Gasteiger partial charge in [-0.15, -0.1) is 0 Å². The first kappa shape index (κ1) is 13.8. The summed E-state index contributed by atoms with van der Waals surface area (Å²) in [5.74, 6) is 0.617. The van der Waals surface area contributed by atoms with E-state index in [-0.39, 0.29) is 5.91 Å². The molecule has 0 aromatic heterocycles. The molecule has 98 valence electrons. The number of nitrogens with zero attached hydrogens (tertiary/aromatic N) is 1. The van der Waals surface area contributed by atoms with Crippen molar-refractivity contribution in [2.75, 3.05) is 19.6 Å². The number of hydrogen-bond donors (Lipinski definition) is 1. The molecule has 2 N–H and O–H groups in total. The van der Waals surface area contributed by atoms with Crippen molar-refractivity contribution in [2.45, 2.75) is 19.8 Å². The fourth-order valence-electron chi connectivity index (χ4n) is 2.42. The highest BCUT2D eigenvalue weighted by atomic mass is 127. The minimum atomic E-state index is 0.154. The van der Waals surface area contributed by atoms with E-state index in [1.54, 1.807) is 0 Å². The van der Waals surface area contributed by atoms with Gasteiger partial charge in [0.1, 0.15) is 0 Å². The molecule has 0 radical (unpaired) electrons. The van der Waals surface area contributed by atoms with Crippen molar-refractivity contribution in [3.63, 3.8) is 0 Å². The van der Waals surface area contributed by atoms with Gasteiger partial charge in [-0.25, -0.2) is 0 Å². The summed E-state index contributed by atoms with van der Waals surface area (Å²) >= 11 is 2.26. The lowest BCUT2D eigenvalue weighted by Gasteiger charge is -2.32. The summed E-state index contributed by atoms with van der Waals surface area (Å²) in [4.78, 5) is 14.5. The van der Waals surface area contributed by atoms with E-state index in [1.807, 2.05) is 30.0 Å². The molecule has 1 aliphatic heterocycles.